The third-order valence-corrected chi connectivity index (χ3v) is 2.60. The van der Waals surface area contributed by atoms with Crippen LogP contribution in [0.1, 0.15) is 19.3 Å². The van der Waals surface area contributed by atoms with Gasteiger partial charge in [0.1, 0.15) is 5.78 Å². The minimum atomic E-state index is 0.199. The molecule has 4 heteroatoms. The molecule has 0 atom stereocenters. The summed E-state index contributed by atoms with van der Waals surface area (Å²) in [5, 5.41) is 0. The summed E-state index contributed by atoms with van der Waals surface area (Å²) in [6.45, 7) is 3.12. The summed E-state index contributed by atoms with van der Waals surface area (Å²) in [7, 11) is 1.64. The lowest BCUT2D eigenvalue weighted by molar-refractivity contribution is -0.126. The normalized spacial score (nSPS) is 17.9. The standard InChI is InChI=1S/C11H20O4/c1-13-8-9-15-7-4-11(12)10-2-5-14-6-3-10/h10H,2-9H2,1H3. The zero-order valence-electron chi connectivity index (χ0n) is 9.37. The number of methoxy groups -OCH3 is 1. The zero-order chi connectivity index (χ0) is 10.9. The molecule has 1 saturated heterocycles. The molecule has 0 aliphatic carbocycles. The van der Waals surface area contributed by atoms with Crippen LogP contribution in [-0.2, 0) is 19.0 Å². The quantitative estimate of drug-likeness (QED) is 0.596. The Balaban J connectivity index is 2.02. The largest absolute Gasteiger partial charge is 0.382 e. The first-order valence-corrected chi connectivity index (χ1v) is 5.51. The summed E-state index contributed by atoms with van der Waals surface area (Å²) in [5.74, 6) is 0.514. The molecule has 0 amide bonds. The molecule has 0 spiro atoms. The Morgan fingerprint density at radius 2 is 2.00 bits per heavy atom. The molecule has 1 fully saturated rings. The first-order valence-electron chi connectivity index (χ1n) is 5.51. The highest BCUT2D eigenvalue weighted by Gasteiger charge is 2.20. The predicted molar refractivity (Wildman–Crippen MR) is 55.9 cm³/mol. The van der Waals surface area contributed by atoms with Crippen LogP contribution >= 0.6 is 0 Å². The molecule has 0 bridgehead atoms. The van der Waals surface area contributed by atoms with Crippen molar-refractivity contribution in [2.45, 2.75) is 19.3 Å². The summed E-state index contributed by atoms with van der Waals surface area (Å²) < 4.78 is 15.3. The highest BCUT2D eigenvalue weighted by molar-refractivity contribution is 5.81. The van der Waals surface area contributed by atoms with Crippen molar-refractivity contribution < 1.29 is 19.0 Å². The van der Waals surface area contributed by atoms with Gasteiger partial charge in [0, 0.05) is 32.7 Å². The molecule has 15 heavy (non-hydrogen) atoms. The molecule has 1 aliphatic heterocycles. The van der Waals surface area contributed by atoms with Gasteiger partial charge in [0.2, 0.25) is 0 Å². The van der Waals surface area contributed by atoms with Gasteiger partial charge in [-0.05, 0) is 12.8 Å². The second kappa shape index (κ2) is 7.79. The maximum absolute atomic E-state index is 11.7. The van der Waals surface area contributed by atoms with E-state index in [0.29, 0.717) is 32.0 Å². The van der Waals surface area contributed by atoms with Gasteiger partial charge in [0.05, 0.1) is 19.8 Å². The Morgan fingerprint density at radius 1 is 1.27 bits per heavy atom. The first-order chi connectivity index (χ1) is 7.34. The molecule has 0 N–H and O–H groups in total. The number of ether oxygens (including phenoxy) is 3. The van der Waals surface area contributed by atoms with Crippen molar-refractivity contribution in [1.29, 1.82) is 0 Å². The Hall–Kier alpha value is -0.450. The number of hydrogen-bond donors (Lipinski definition) is 0. The van der Waals surface area contributed by atoms with E-state index in [1.165, 1.54) is 0 Å². The highest BCUT2D eigenvalue weighted by Crippen LogP contribution is 2.16. The minimum Gasteiger partial charge on any atom is -0.382 e. The van der Waals surface area contributed by atoms with E-state index >= 15 is 0 Å². The summed E-state index contributed by atoms with van der Waals surface area (Å²) in [5.41, 5.74) is 0. The Kier molecular flexibility index (Phi) is 6.55. The van der Waals surface area contributed by atoms with Crippen LogP contribution in [0.25, 0.3) is 0 Å². The maximum Gasteiger partial charge on any atom is 0.138 e. The molecule has 0 radical (unpaired) electrons. The number of rotatable bonds is 7. The summed E-state index contributed by atoms with van der Waals surface area (Å²) in [6.07, 6.45) is 2.27. The molecule has 1 rings (SSSR count). The molecule has 0 aromatic heterocycles. The monoisotopic (exact) mass is 216 g/mol. The van der Waals surface area contributed by atoms with Crippen LogP contribution < -0.4 is 0 Å². The van der Waals surface area contributed by atoms with Crippen molar-refractivity contribution in [3.05, 3.63) is 0 Å². The first kappa shape index (κ1) is 12.6. The number of hydrogen-bond acceptors (Lipinski definition) is 4. The van der Waals surface area contributed by atoms with E-state index in [4.69, 9.17) is 14.2 Å². The molecule has 0 saturated carbocycles. The van der Waals surface area contributed by atoms with Gasteiger partial charge in [0.25, 0.3) is 0 Å². The smallest absolute Gasteiger partial charge is 0.138 e. The average molecular weight is 216 g/mol. The Labute approximate surface area is 90.9 Å². The topological polar surface area (TPSA) is 44.8 Å². The molecule has 1 heterocycles. The van der Waals surface area contributed by atoms with Crippen LogP contribution in [0.15, 0.2) is 0 Å². The average Bonchev–Trinajstić information content (AvgIpc) is 2.30. The van der Waals surface area contributed by atoms with Crippen molar-refractivity contribution >= 4 is 5.78 Å². The lowest BCUT2D eigenvalue weighted by Crippen LogP contribution is -2.24. The molecule has 88 valence electrons. The van der Waals surface area contributed by atoms with E-state index in [9.17, 15) is 4.79 Å². The second-order valence-electron chi connectivity index (χ2n) is 3.71. The number of carbonyl (C=O) groups excluding carboxylic acids is 1. The lowest BCUT2D eigenvalue weighted by atomic mass is 9.94. The van der Waals surface area contributed by atoms with Crippen molar-refractivity contribution in [2.24, 2.45) is 5.92 Å². The van der Waals surface area contributed by atoms with Gasteiger partial charge in [-0.2, -0.15) is 0 Å². The van der Waals surface area contributed by atoms with Crippen LogP contribution in [0.4, 0.5) is 0 Å². The van der Waals surface area contributed by atoms with E-state index < -0.39 is 0 Å². The van der Waals surface area contributed by atoms with E-state index in [-0.39, 0.29) is 5.92 Å². The fraction of sp³-hybridized carbons (Fsp3) is 0.909. The van der Waals surface area contributed by atoms with Crippen LogP contribution in [0.3, 0.4) is 0 Å². The molecule has 0 aromatic rings. The van der Waals surface area contributed by atoms with Gasteiger partial charge in [-0.15, -0.1) is 0 Å². The van der Waals surface area contributed by atoms with E-state index in [0.717, 1.165) is 26.1 Å². The zero-order valence-corrected chi connectivity index (χ0v) is 9.37. The van der Waals surface area contributed by atoms with Crippen molar-refractivity contribution in [1.82, 2.24) is 0 Å². The van der Waals surface area contributed by atoms with Crippen LogP contribution in [0.2, 0.25) is 0 Å². The molecule has 0 unspecified atom stereocenters. The van der Waals surface area contributed by atoms with Gasteiger partial charge < -0.3 is 14.2 Å². The number of Topliss-reactive ketones (excluding diaryl/α,β-unsaturated/α-hetero) is 1. The molecule has 4 nitrogen and oxygen atoms in total. The van der Waals surface area contributed by atoms with E-state index in [2.05, 4.69) is 0 Å². The number of ketones is 1. The highest BCUT2D eigenvalue weighted by atomic mass is 16.5. The van der Waals surface area contributed by atoms with Crippen LogP contribution in [0.5, 0.6) is 0 Å². The van der Waals surface area contributed by atoms with Crippen molar-refractivity contribution in [2.75, 3.05) is 40.1 Å². The molecule has 0 aromatic carbocycles. The van der Waals surface area contributed by atoms with E-state index in [1.807, 2.05) is 0 Å². The Bertz CT molecular complexity index is 175. The SMILES string of the molecule is COCCOCCC(=O)C1CCOCC1. The summed E-state index contributed by atoms with van der Waals surface area (Å²) in [4.78, 5) is 11.7. The lowest BCUT2D eigenvalue weighted by Gasteiger charge is -2.20. The van der Waals surface area contributed by atoms with Crippen molar-refractivity contribution in [3.63, 3.8) is 0 Å². The fourth-order valence-electron chi connectivity index (χ4n) is 1.64. The molecular formula is C11H20O4. The van der Waals surface area contributed by atoms with Crippen molar-refractivity contribution in [3.8, 4) is 0 Å². The van der Waals surface area contributed by atoms with Gasteiger partial charge in [-0.3, -0.25) is 4.79 Å². The van der Waals surface area contributed by atoms with Gasteiger partial charge in [-0.1, -0.05) is 0 Å². The van der Waals surface area contributed by atoms with Gasteiger partial charge in [-0.25, -0.2) is 0 Å². The third-order valence-electron chi connectivity index (χ3n) is 2.60. The van der Waals surface area contributed by atoms with Crippen LogP contribution in [-0.4, -0.2) is 45.9 Å². The number of carbonyl (C=O) groups is 1. The third kappa shape index (κ3) is 5.25. The minimum absolute atomic E-state index is 0.199. The van der Waals surface area contributed by atoms with Gasteiger partial charge in [0.15, 0.2) is 0 Å². The Morgan fingerprint density at radius 3 is 2.67 bits per heavy atom. The molecule has 1 aliphatic rings. The van der Waals surface area contributed by atoms with E-state index in [1.54, 1.807) is 7.11 Å². The van der Waals surface area contributed by atoms with Crippen LogP contribution in [0, 0.1) is 5.92 Å². The predicted octanol–water partition coefficient (Wildman–Crippen LogP) is 1.04. The summed E-state index contributed by atoms with van der Waals surface area (Å²) >= 11 is 0. The second-order valence-corrected chi connectivity index (χ2v) is 3.71. The fourth-order valence-corrected chi connectivity index (χ4v) is 1.64. The van der Waals surface area contributed by atoms with Gasteiger partial charge >= 0.3 is 0 Å². The molecular weight excluding hydrogens is 196 g/mol. The summed E-state index contributed by atoms with van der Waals surface area (Å²) in [6, 6.07) is 0. The maximum atomic E-state index is 11.7.